The maximum atomic E-state index is 9.78. The molecule has 0 spiro atoms. The zero-order valence-electron chi connectivity index (χ0n) is 10.3. The van der Waals surface area contributed by atoms with E-state index in [2.05, 4.69) is 4.85 Å². The molecule has 0 amide bonds. The van der Waals surface area contributed by atoms with Gasteiger partial charge in [-0.2, -0.15) is 0 Å². The topological polar surface area (TPSA) is 83.5 Å². The Morgan fingerprint density at radius 3 is 2.32 bits per heavy atom. The van der Waals surface area contributed by atoms with Crippen LogP contribution in [0.2, 0.25) is 0 Å². The maximum absolute atomic E-state index is 9.78. The average Bonchev–Trinajstić information content (AvgIpc) is 2.43. The first-order valence-corrected chi connectivity index (χ1v) is 5.87. The Balaban J connectivity index is 2.07. The number of aliphatic hydroxyl groups is 3. The van der Waals surface area contributed by atoms with Gasteiger partial charge >= 0.3 is 0 Å². The number of benzene rings is 1. The van der Waals surface area contributed by atoms with Crippen molar-refractivity contribution in [3.8, 4) is 5.75 Å². The normalized spacial score (nSPS) is 34.6. The molecule has 6 heteroatoms. The van der Waals surface area contributed by atoms with Gasteiger partial charge in [-0.05, 0) is 19.1 Å². The summed E-state index contributed by atoms with van der Waals surface area (Å²) < 4.78 is 10.7. The van der Waals surface area contributed by atoms with Crippen LogP contribution in [-0.4, -0.2) is 46.0 Å². The molecule has 1 fully saturated rings. The van der Waals surface area contributed by atoms with Crippen LogP contribution in [-0.2, 0) is 4.74 Å². The van der Waals surface area contributed by atoms with Gasteiger partial charge < -0.3 is 24.8 Å². The quantitative estimate of drug-likeness (QED) is 0.676. The van der Waals surface area contributed by atoms with E-state index in [1.165, 1.54) is 0 Å². The fourth-order valence-electron chi connectivity index (χ4n) is 1.84. The monoisotopic (exact) mass is 265 g/mol. The predicted molar refractivity (Wildman–Crippen MR) is 65.7 cm³/mol. The zero-order chi connectivity index (χ0) is 14.0. The van der Waals surface area contributed by atoms with Crippen LogP contribution in [0.4, 0.5) is 5.69 Å². The van der Waals surface area contributed by atoms with Crippen LogP contribution in [0.3, 0.4) is 0 Å². The molecule has 1 saturated heterocycles. The molecule has 0 bridgehead atoms. The SMILES string of the molecule is [C-]#[N+]c1ccc(O[C@H]2O[C@@H](C)[C@H](O)[C@@H](O)[C@H]2O)cc1. The van der Waals surface area contributed by atoms with Gasteiger partial charge in [0.1, 0.15) is 24.1 Å². The number of ether oxygens (including phenoxy) is 2. The number of nitrogens with zero attached hydrogens (tertiary/aromatic N) is 1. The van der Waals surface area contributed by atoms with E-state index in [4.69, 9.17) is 16.0 Å². The fraction of sp³-hybridized carbons (Fsp3) is 0.462. The molecule has 1 aliphatic heterocycles. The first kappa shape index (κ1) is 13.8. The number of hydrogen-bond donors (Lipinski definition) is 3. The third-order valence-corrected chi connectivity index (χ3v) is 3.03. The van der Waals surface area contributed by atoms with Gasteiger partial charge in [-0.15, -0.1) is 0 Å². The molecule has 6 nitrogen and oxygen atoms in total. The van der Waals surface area contributed by atoms with E-state index in [-0.39, 0.29) is 0 Å². The van der Waals surface area contributed by atoms with Gasteiger partial charge in [0, 0.05) is 0 Å². The van der Waals surface area contributed by atoms with Crippen LogP contribution in [0.15, 0.2) is 24.3 Å². The molecule has 1 aromatic rings. The lowest BCUT2D eigenvalue weighted by molar-refractivity contribution is -0.268. The van der Waals surface area contributed by atoms with Crippen LogP contribution >= 0.6 is 0 Å². The van der Waals surface area contributed by atoms with E-state index >= 15 is 0 Å². The van der Waals surface area contributed by atoms with E-state index < -0.39 is 30.7 Å². The predicted octanol–water partition coefficient (Wildman–Crippen LogP) is 0.444. The lowest BCUT2D eigenvalue weighted by atomic mass is 10.00. The molecule has 3 N–H and O–H groups in total. The molecule has 0 aromatic heterocycles. The molecule has 0 aliphatic carbocycles. The second-order valence-electron chi connectivity index (χ2n) is 4.40. The van der Waals surface area contributed by atoms with Gasteiger partial charge in [0.25, 0.3) is 0 Å². The summed E-state index contributed by atoms with van der Waals surface area (Å²) in [4.78, 5) is 3.25. The second-order valence-corrected chi connectivity index (χ2v) is 4.40. The standard InChI is InChI=1S/C13H15NO5/c1-7-10(15)11(16)12(17)13(18-7)19-9-5-3-8(14-2)4-6-9/h3-7,10-13,15-17H,1H3/t7-,10-,11+,12+,13+/m0/s1. The van der Waals surface area contributed by atoms with Crippen molar-refractivity contribution in [3.63, 3.8) is 0 Å². The van der Waals surface area contributed by atoms with Gasteiger partial charge in [0.05, 0.1) is 12.7 Å². The molecule has 0 saturated carbocycles. The lowest BCUT2D eigenvalue weighted by Crippen LogP contribution is -2.58. The van der Waals surface area contributed by atoms with Crippen molar-refractivity contribution in [2.45, 2.75) is 37.6 Å². The summed E-state index contributed by atoms with van der Waals surface area (Å²) in [6.07, 6.45) is -5.53. The Labute approximate surface area is 110 Å². The molecular weight excluding hydrogens is 250 g/mol. The van der Waals surface area contributed by atoms with E-state index in [0.29, 0.717) is 11.4 Å². The van der Waals surface area contributed by atoms with Gasteiger partial charge in [0.2, 0.25) is 6.29 Å². The smallest absolute Gasteiger partial charge is 0.229 e. The summed E-state index contributed by atoms with van der Waals surface area (Å²) in [6.45, 7) is 8.41. The van der Waals surface area contributed by atoms with Crippen molar-refractivity contribution >= 4 is 5.69 Å². The van der Waals surface area contributed by atoms with Crippen molar-refractivity contribution < 1.29 is 24.8 Å². The minimum Gasteiger partial charge on any atom is -0.462 e. The zero-order valence-corrected chi connectivity index (χ0v) is 10.3. The largest absolute Gasteiger partial charge is 0.462 e. The molecule has 102 valence electrons. The average molecular weight is 265 g/mol. The lowest BCUT2D eigenvalue weighted by Gasteiger charge is -2.38. The van der Waals surface area contributed by atoms with Gasteiger partial charge in [-0.3, -0.25) is 0 Å². The Bertz CT molecular complexity index is 469. The molecule has 0 unspecified atom stereocenters. The first-order valence-electron chi connectivity index (χ1n) is 5.87. The Kier molecular flexibility index (Phi) is 4.02. The Morgan fingerprint density at radius 2 is 1.74 bits per heavy atom. The molecule has 1 aliphatic rings. The van der Waals surface area contributed by atoms with Crippen molar-refractivity contribution in [1.82, 2.24) is 0 Å². The first-order chi connectivity index (χ1) is 9.02. The number of aliphatic hydroxyl groups excluding tert-OH is 3. The molecular formula is C13H15NO5. The summed E-state index contributed by atoms with van der Waals surface area (Å²) in [5.41, 5.74) is 0.473. The highest BCUT2D eigenvalue weighted by Crippen LogP contribution is 2.25. The summed E-state index contributed by atoms with van der Waals surface area (Å²) in [7, 11) is 0. The Hall–Kier alpha value is -1.65. The molecule has 1 aromatic carbocycles. The second kappa shape index (κ2) is 5.55. The van der Waals surface area contributed by atoms with Crippen LogP contribution < -0.4 is 4.74 Å². The minimum atomic E-state index is -1.34. The van der Waals surface area contributed by atoms with E-state index in [9.17, 15) is 15.3 Å². The van der Waals surface area contributed by atoms with Gasteiger partial charge in [-0.25, -0.2) is 4.85 Å². The Morgan fingerprint density at radius 1 is 1.11 bits per heavy atom. The van der Waals surface area contributed by atoms with Crippen LogP contribution in [0.25, 0.3) is 4.85 Å². The van der Waals surface area contributed by atoms with E-state index in [1.54, 1.807) is 31.2 Å². The third-order valence-electron chi connectivity index (χ3n) is 3.03. The van der Waals surface area contributed by atoms with E-state index in [1.807, 2.05) is 0 Å². The number of rotatable bonds is 2. The fourth-order valence-corrected chi connectivity index (χ4v) is 1.84. The van der Waals surface area contributed by atoms with Crippen molar-refractivity contribution in [2.75, 3.05) is 0 Å². The molecule has 1 heterocycles. The third kappa shape index (κ3) is 2.85. The van der Waals surface area contributed by atoms with E-state index in [0.717, 1.165) is 0 Å². The summed E-state index contributed by atoms with van der Waals surface area (Å²) in [6, 6.07) is 6.30. The van der Waals surface area contributed by atoms with Gasteiger partial charge in [0.15, 0.2) is 5.69 Å². The summed E-state index contributed by atoms with van der Waals surface area (Å²) in [5, 5.41) is 29.0. The molecule has 2 rings (SSSR count). The maximum Gasteiger partial charge on any atom is 0.229 e. The van der Waals surface area contributed by atoms with Crippen LogP contribution in [0.5, 0.6) is 5.75 Å². The highest BCUT2D eigenvalue weighted by molar-refractivity contribution is 5.47. The highest BCUT2D eigenvalue weighted by atomic mass is 16.7. The summed E-state index contributed by atoms with van der Waals surface area (Å²) in [5.74, 6) is 0.409. The van der Waals surface area contributed by atoms with Crippen molar-refractivity contribution in [1.29, 1.82) is 0 Å². The molecule has 0 radical (unpaired) electrons. The summed E-state index contributed by atoms with van der Waals surface area (Å²) >= 11 is 0. The van der Waals surface area contributed by atoms with Crippen LogP contribution in [0.1, 0.15) is 6.92 Å². The molecule has 19 heavy (non-hydrogen) atoms. The molecule has 5 atom stereocenters. The van der Waals surface area contributed by atoms with Gasteiger partial charge in [-0.1, -0.05) is 12.1 Å². The van der Waals surface area contributed by atoms with Crippen molar-refractivity contribution in [2.24, 2.45) is 0 Å². The highest BCUT2D eigenvalue weighted by Gasteiger charge is 2.43. The number of hydrogen-bond acceptors (Lipinski definition) is 5. The minimum absolute atomic E-state index is 0.409. The van der Waals surface area contributed by atoms with Crippen LogP contribution in [0, 0.1) is 6.57 Å². The van der Waals surface area contributed by atoms with Crippen molar-refractivity contribution in [3.05, 3.63) is 35.7 Å².